The summed E-state index contributed by atoms with van der Waals surface area (Å²) in [6.45, 7) is 4.59. The zero-order valence-electron chi connectivity index (χ0n) is 20.9. The lowest BCUT2D eigenvalue weighted by molar-refractivity contribution is 0.102. The molecule has 0 fully saturated rings. The first-order valence-corrected chi connectivity index (χ1v) is 12.6. The fourth-order valence-corrected chi connectivity index (χ4v) is 4.53. The highest BCUT2D eigenvalue weighted by atomic mass is 16.2. The van der Waals surface area contributed by atoms with Gasteiger partial charge in [0, 0.05) is 54.1 Å². The maximum absolute atomic E-state index is 13.0. The number of hydrogen-bond donors (Lipinski definition) is 4. The molecule has 0 spiro atoms. The van der Waals surface area contributed by atoms with Crippen LogP contribution in [0.4, 0.5) is 11.4 Å². The number of anilines is 2. The second-order valence-corrected chi connectivity index (χ2v) is 9.44. The highest BCUT2D eigenvalue weighted by Gasteiger charge is 2.14. The van der Waals surface area contributed by atoms with Crippen LogP contribution in [0.2, 0.25) is 0 Å². The highest BCUT2D eigenvalue weighted by molar-refractivity contribution is 6.09. The molecule has 0 aliphatic carbocycles. The second kappa shape index (κ2) is 11.1. The van der Waals surface area contributed by atoms with Gasteiger partial charge in [-0.2, -0.15) is 0 Å². The summed E-state index contributed by atoms with van der Waals surface area (Å²) in [4.78, 5) is 30.3. The Morgan fingerprint density at radius 3 is 1.89 bits per heavy atom. The van der Waals surface area contributed by atoms with E-state index >= 15 is 0 Å². The van der Waals surface area contributed by atoms with Crippen molar-refractivity contribution in [3.05, 3.63) is 106 Å². The molecular weight excluding hydrogens is 462 g/mol. The molecule has 0 atom stereocenters. The van der Waals surface area contributed by atoms with Crippen LogP contribution in [-0.4, -0.2) is 37.3 Å². The molecule has 37 heavy (non-hydrogen) atoms. The summed E-state index contributed by atoms with van der Waals surface area (Å²) in [6.07, 6.45) is 4.91. The van der Waals surface area contributed by atoms with Crippen LogP contribution in [0, 0.1) is 6.92 Å². The summed E-state index contributed by atoms with van der Waals surface area (Å²) < 4.78 is 0. The maximum atomic E-state index is 13.0. The summed E-state index contributed by atoms with van der Waals surface area (Å²) in [6, 6.07) is 20.8. The molecule has 188 valence electrons. The van der Waals surface area contributed by atoms with E-state index in [2.05, 4.69) is 32.3 Å². The van der Waals surface area contributed by atoms with Crippen molar-refractivity contribution in [3.63, 3.8) is 0 Å². The van der Waals surface area contributed by atoms with Crippen molar-refractivity contribution in [2.45, 2.75) is 26.2 Å². The van der Waals surface area contributed by atoms with Crippen molar-refractivity contribution >= 4 is 29.0 Å². The Balaban J connectivity index is 1.21. The number of hydrogen-bond acceptors (Lipinski definition) is 5. The predicted molar refractivity (Wildman–Crippen MR) is 148 cm³/mol. The van der Waals surface area contributed by atoms with Crippen molar-refractivity contribution in [1.29, 1.82) is 0 Å². The van der Waals surface area contributed by atoms with E-state index in [1.807, 2.05) is 55.5 Å². The number of aliphatic imine (C=N–C) groups is 1. The molecule has 2 aliphatic rings. The number of aryl methyl sites for hydroxylation is 1. The Labute approximate surface area is 217 Å². The molecule has 2 amide bonds. The number of allylic oxidation sites excluding steroid dienone is 1. The van der Waals surface area contributed by atoms with Gasteiger partial charge >= 0.3 is 0 Å². The Morgan fingerprint density at radius 1 is 0.784 bits per heavy atom. The van der Waals surface area contributed by atoms with Crippen LogP contribution in [-0.2, 0) is 12.8 Å². The third-order valence-electron chi connectivity index (χ3n) is 6.42. The van der Waals surface area contributed by atoms with Gasteiger partial charge in [-0.3, -0.25) is 14.6 Å². The van der Waals surface area contributed by atoms with E-state index < -0.39 is 0 Å². The smallest absolute Gasteiger partial charge is 0.255 e. The Morgan fingerprint density at radius 2 is 1.38 bits per heavy atom. The SMILES string of the molecule is Cc1cc(C(=O)Nc2ccc(CC3=CCCN3)cc2)cc(C(=O)Nc2ccc(CC3=NCCN3)cc2)c1. The number of benzene rings is 3. The lowest BCUT2D eigenvalue weighted by Crippen LogP contribution is -2.20. The summed E-state index contributed by atoms with van der Waals surface area (Å²) in [5.41, 5.74) is 6.69. The molecule has 7 heteroatoms. The van der Waals surface area contributed by atoms with Gasteiger partial charge in [0.1, 0.15) is 5.84 Å². The number of amidine groups is 1. The van der Waals surface area contributed by atoms with Crippen molar-refractivity contribution < 1.29 is 9.59 Å². The number of nitrogens with zero attached hydrogens (tertiary/aromatic N) is 1. The van der Waals surface area contributed by atoms with E-state index in [9.17, 15) is 9.59 Å². The third-order valence-corrected chi connectivity index (χ3v) is 6.42. The summed E-state index contributed by atoms with van der Waals surface area (Å²) >= 11 is 0. The molecule has 0 saturated carbocycles. The van der Waals surface area contributed by atoms with Gasteiger partial charge in [-0.15, -0.1) is 0 Å². The van der Waals surface area contributed by atoms with E-state index in [-0.39, 0.29) is 11.8 Å². The number of nitrogens with one attached hydrogen (secondary N) is 4. The number of amides is 2. The fourth-order valence-electron chi connectivity index (χ4n) is 4.53. The lowest BCUT2D eigenvalue weighted by Gasteiger charge is -2.11. The minimum Gasteiger partial charge on any atom is -0.388 e. The van der Waals surface area contributed by atoms with Crippen LogP contribution < -0.4 is 21.3 Å². The minimum atomic E-state index is -0.258. The van der Waals surface area contributed by atoms with Crippen molar-refractivity contribution in [1.82, 2.24) is 10.6 Å². The fraction of sp³-hybridized carbons (Fsp3) is 0.233. The molecule has 2 heterocycles. The lowest BCUT2D eigenvalue weighted by atomic mass is 10.0. The van der Waals surface area contributed by atoms with E-state index in [0.717, 1.165) is 55.9 Å². The molecule has 0 saturated heterocycles. The van der Waals surface area contributed by atoms with Crippen LogP contribution in [0.1, 0.15) is 43.8 Å². The summed E-state index contributed by atoms with van der Waals surface area (Å²) in [5, 5.41) is 12.5. The molecule has 0 unspecified atom stereocenters. The summed E-state index contributed by atoms with van der Waals surface area (Å²) in [7, 11) is 0. The van der Waals surface area contributed by atoms with Gasteiger partial charge in [-0.05, 0) is 72.5 Å². The van der Waals surface area contributed by atoms with Gasteiger partial charge in [0.05, 0.1) is 6.54 Å². The molecule has 2 aliphatic heterocycles. The van der Waals surface area contributed by atoms with Crippen molar-refractivity contribution in [3.8, 4) is 0 Å². The van der Waals surface area contributed by atoms with Gasteiger partial charge in [0.25, 0.3) is 11.8 Å². The molecule has 0 bridgehead atoms. The predicted octanol–water partition coefficient (Wildman–Crippen LogP) is 4.46. The van der Waals surface area contributed by atoms with Crippen LogP contribution in [0.15, 0.2) is 83.5 Å². The van der Waals surface area contributed by atoms with Crippen molar-refractivity contribution in [2.75, 3.05) is 30.3 Å². The van der Waals surface area contributed by atoms with E-state index in [0.29, 0.717) is 22.5 Å². The van der Waals surface area contributed by atoms with Crippen LogP contribution in [0.5, 0.6) is 0 Å². The standard InChI is InChI=1S/C30H31N5O2/c1-20-15-23(29(36)34-25-8-4-21(5-9-25)17-27-3-2-12-31-27)19-24(16-20)30(37)35-26-10-6-22(7-11-26)18-28-32-13-14-33-28/h3-11,15-16,19,31H,2,12-14,17-18H2,1H3,(H,32,33)(H,34,36)(H,35,37). The molecular formula is C30H31N5O2. The maximum Gasteiger partial charge on any atom is 0.255 e. The quantitative estimate of drug-likeness (QED) is 0.373. The zero-order valence-corrected chi connectivity index (χ0v) is 20.9. The third kappa shape index (κ3) is 6.44. The molecule has 3 aromatic rings. The molecule has 7 nitrogen and oxygen atoms in total. The largest absolute Gasteiger partial charge is 0.388 e. The van der Waals surface area contributed by atoms with Gasteiger partial charge in [0.2, 0.25) is 0 Å². The monoisotopic (exact) mass is 493 g/mol. The Bertz CT molecular complexity index is 1260. The number of rotatable bonds is 8. The van der Waals surface area contributed by atoms with Crippen LogP contribution in [0.25, 0.3) is 0 Å². The van der Waals surface area contributed by atoms with Crippen LogP contribution >= 0.6 is 0 Å². The van der Waals surface area contributed by atoms with Gasteiger partial charge in [0.15, 0.2) is 0 Å². The van der Waals surface area contributed by atoms with E-state index in [4.69, 9.17) is 0 Å². The number of carbonyl (C=O) groups excluding carboxylic acids is 2. The first-order chi connectivity index (χ1) is 18.0. The molecule has 5 rings (SSSR count). The first kappa shape index (κ1) is 24.3. The summed E-state index contributed by atoms with van der Waals surface area (Å²) in [5.74, 6) is 0.488. The average molecular weight is 494 g/mol. The Kier molecular flexibility index (Phi) is 7.31. The average Bonchev–Trinajstić information content (AvgIpc) is 3.61. The second-order valence-electron chi connectivity index (χ2n) is 9.44. The minimum absolute atomic E-state index is 0.251. The zero-order chi connectivity index (χ0) is 25.6. The molecule has 4 N–H and O–H groups in total. The first-order valence-electron chi connectivity index (χ1n) is 12.6. The Hall–Kier alpha value is -4.39. The van der Waals surface area contributed by atoms with Gasteiger partial charge < -0.3 is 21.3 Å². The van der Waals surface area contributed by atoms with E-state index in [1.54, 1.807) is 18.2 Å². The van der Waals surface area contributed by atoms with Crippen LogP contribution in [0.3, 0.4) is 0 Å². The number of carbonyl (C=O) groups is 2. The van der Waals surface area contributed by atoms with Gasteiger partial charge in [-0.1, -0.05) is 30.3 Å². The molecule has 0 aromatic heterocycles. The molecule has 0 radical (unpaired) electrons. The van der Waals surface area contributed by atoms with E-state index in [1.165, 1.54) is 11.3 Å². The highest BCUT2D eigenvalue weighted by Crippen LogP contribution is 2.18. The van der Waals surface area contributed by atoms with Crippen molar-refractivity contribution in [2.24, 2.45) is 4.99 Å². The topological polar surface area (TPSA) is 94.6 Å². The van der Waals surface area contributed by atoms with Gasteiger partial charge in [-0.25, -0.2) is 0 Å². The normalized spacial score (nSPS) is 14.3. The molecule has 3 aromatic carbocycles.